The highest BCUT2D eigenvalue weighted by atomic mass is 35.5. The zero-order valence-electron chi connectivity index (χ0n) is 9.02. The van der Waals surface area contributed by atoms with Crippen molar-refractivity contribution in [2.45, 2.75) is 42.2 Å². The molecule has 2 nitrogen and oxygen atoms in total. The summed E-state index contributed by atoms with van der Waals surface area (Å²) in [5.74, 6) is 0. The second kappa shape index (κ2) is 4.76. The Morgan fingerprint density at radius 1 is 1.00 bits per heavy atom. The molecule has 2 rings (SSSR count). The first-order valence-electron chi connectivity index (χ1n) is 5.60. The molecule has 1 aliphatic carbocycles. The Bertz CT molecular complexity index is 444. The molecule has 16 heavy (non-hydrogen) atoms. The maximum Gasteiger partial charge on any atom is 0.181 e. The monoisotopic (exact) mass is 258 g/mol. The molecule has 1 fully saturated rings. The van der Waals surface area contributed by atoms with Crippen molar-refractivity contribution in [2.75, 3.05) is 0 Å². The highest BCUT2D eigenvalue weighted by Gasteiger charge is 2.28. The van der Waals surface area contributed by atoms with Gasteiger partial charge in [0.25, 0.3) is 0 Å². The van der Waals surface area contributed by atoms with E-state index in [1.165, 1.54) is 0 Å². The van der Waals surface area contributed by atoms with Crippen molar-refractivity contribution in [1.82, 2.24) is 0 Å². The van der Waals surface area contributed by atoms with Crippen LogP contribution >= 0.6 is 11.6 Å². The summed E-state index contributed by atoms with van der Waals surface area (Å²) in [6.07, 6.45) is 4.80. The third-order valence-corrected chi connectivity index (χ3v) is 5.66. The Morgan fingerprint density at radius 3 is 2.12 bits per heavy atom. The van der Waals surface area contributed by atoms with Crippen LogP contribution in [0.25, 0.3) is 0 Å². The lowest BCUT2D eigenvalue weighted by molar-refractivity contribution is 0.483. The second-order valence-electron chi connectivity index (χ2n) is 4.26. The molecule has 1 aliphatic rings. The highest BCUT2D eigenvalue weighted by Crippen LogP contribution is 2.28. The van der Waals surface area contributed by atoms with Crippen molar-refractivity contribution >= 4 is 21.4 Å². The zero-order valence-corrected chi connectivity index (χ0v) is 10.6. The van der Waals surface area contributed by atoms with Crippen LogP contribution in [0, 0.1) is 0 Å². The Balaban J connectivity index is 2.27. The van der Waals surface area contributed by atoms with E-state index in [0.29, 0.717) is 9.92 Å². The third-order valence-electron chi connectivity index (χ3n) is 3.13. The first kappa shape index (κ1) is 11.9. The smallest absolute Gasteiger partial charge is 0.181 e. The number of halogens is 1. The lowest BCUT2D eigenvalue weighted by Gasteiger charge is -2.21. The lowest BCUT2D eigenvalue weighted by Crippen LogP contribution is -2.23. The van der Waals surface area contributed by atoms with Gasteiger partial charge in [-0.1, -0.05) is 30.9 Å². The summed E-state index contributed by atoms with van der Waals surface area (Å²) in [7, 11) is -3.14. The molecule has 0 unspecified atom stereocenters. The second-order valence-corrected chi connectivity index (χ2v) is 6.92. The van der Waals surface area contributed by atoms with Crippen LogP contribution in [0.1, 0.15) is 32.1 Å². The van der Waals surface area contributed by atoms with Crippen LogP contribution in [-0.2, 0) is 9.84 Å². The molecule has 4 heteroatoms. The summed E-state index contributed by atoms with van der Waals surface area (Å²) in [6, 6.07) is 6.48. The molecule has 0 radical (unpaired) electrons. The Morgan fingerprint density at radius 2 is 1.56 bits per heavy atom. The fourth-order valence-corrected chi connectivity index (χ4v) is 4.17. The van der Waals surface area contributed by atoms with E-state index >= 15 is 0 Å². The molecule has 88 valence electrons. The molecule has 0 N–H and O–H groups in total. The van der Waals surface area contributed by atoms with Crippen molar-refractivity contribution in [3.05, 3.63) is 29.3 Å². The predicted octanol–water partition coefficient (Wildman–Crippen LogP) is 3.45. The Kier molecular flexibility index (Phi) is 3.55. The number of hydrogen-bond donors (Lipinski definition) is 0. The molecular formula is C12H15ClO2S. The maximum atomic E-state index is 12.3. The van der Waals surface area contributed by atoms with Gasteiger partial charge in [-0.05, 0) is 37.1 Å². The van der Waals surface area contributed by atoms with Gasteiger partial charge in [0.15, 0.2) is 9.84 Å². The van der Waals surface area contributed by atoms with Crippen molar-refractivity contribution in [2.24, 2.45) is 0 Å². The van der Waals surface area contributed by atoms with Crippen LogP contribution in [0.4, 0.5) is 0 Å². The topological polar surface area (TPSA) is 34.1 Å². The fraction of sp³-hybridized carbons (Fsp3) is 0.500. The molecule has 0 amide bonds. The normalized spacial score (nSPS) is 18.6. The Labute approximate surface area is 102 Å². The van der Waals surface area contributed by atoms with E-state index < -0.39 is 9.84 Å². The molecule has 0 saturated heterocycles. The molecule has 0 spiro atoms. The van der Waals surface area contributed by atoms with Gasteiger partial charge in [0.2, 0.25) is 0 Å². The van der Waals surface area contributed by atoms with E-state index in [4.69, 9.17) is 11.6 Å². The molecule has 0 aromatic heterocycles. The molecule has 0 bridgehead atoms. The van der Waals surface area contributed by atoms with Gasteiger partial charge in [0.1, 0.15) is 0 Å². The van der Waals surface area contributed by atoms with Crippen molar-refractivity contribution in [3.63, 3.8) is 0 Å². The number of rotatable bonds is 2. The zero-order chi connectivity index (χ0) is 11.6. The summed E-state index contributed by atoms with van der Waals surface area (Å²) in [6.45, 7) is 0. The van der Waals surface area contributed by atoms with E-state index in [-0.39, 0.29) is 5.25 Å². The van der Waals surface area contributed by atoms with Gasteiger partial charge in [0, 0.05) is 5.02 Å². The van der Waals surface area contributed by atoms with Crippen LogP contribution in [0.15, 0.2) is 29.2 Å². The Hall–Kier alpha value is -0.540. The first-order chi connectivity index (χ1) is 7.60. The molecule has 1 aromatic rings. The van der Waals surface area contributed by atoms with Crippen molar-refractivity contribution < 1.29 is 8.42 Å². The van der Waals surface area contributed by atoms with E-state index in [1.807, 2.05) is 0 Å². The van der Waals surface area contributed by atoms with E-state index in [1.54, 1.807) is 24.3 Å². The molecule has 1 aromatic carbocycles. The maximum absolute atomic E-state index is 12.3. The summed E-state index contributed by atoms with van der Waals surface area (Å²) in [5, 5.41) is 0.380. The summed E-state index contributed by atoms with van der Waals surface area (Å²) in [5.41, 5.74) is 0. The number of sulfone groups is 1. The van der Waals surface area contributed by atoms with Gasteiger partial charge >= 0.3 is 0 Å². The summed E-state index contributed by atoms with van der Waals surface area (Å²) < 4.78 is 24.5. The van der Waals surface area contributed by atoms with E-state index in [2.05, 4.69) is 0 Å². The molecule has 1 saturated carbocycles. The minimum absolute atomic E-state index is 0.192. The highest BCUT2D eigenvalue weighted by molar-refractivity contribution is 7.92. The molecular weight excluding hydrogens is 244 g/mol. The molecule has 0 heterocycles. The average Bonchev–Trinajstić information content (AvgIpc) is 2.31. The first-order valence-corrected chi connectivity index (χ1v) is 7.52. The number of hydrogen-bond acceptors (Lipinski definition) is 2. The van der Waals surface area contributed by atoms with Crippen LogP contribution in [-0.4, -0.2) is 13.7 Å². The van der Waals surface area contributed by atoms with Crippen LogP contribution in [0.5, 0.6) is 0 Å². The van der Waals surface area contributed by atoms with E-state index in [9.17, 15) is 8.42 Å². The molecule has 0 aliphatic heterocycles. The van der Waals surface area contributed by atoms with Gasteiger partial charge in [-0.2, -0.15) is 0 Å². The van der Waals surface area contributed by atoms with Gasteiger partial charge in [-0.15, -0.1) is 0 Å². The summed E-state index contributed by atoms with van der Waals surface area (Å²) in [4.78, 5) is 0.406. The minimum Gasteiger partial charge on any atom is -0.223 e. The summed E-state index contributed by atoms with van der Waals surface area (Å²) >= 11 is 5.75. The van der Waals surface area contributed by atoms with Crippen LogP contribution in [0.3, 0.4) is 0 Å². The third kappa shape index (κ3) is 2.41. The van der Waals surface area contributed by atoms with Crippen LogP contribution < -0.4 is 0 Å². The molecule has 0 atom stereocenters. The largest absolute Gasteiger partial charge is 0.223 e. The van der Waals surface area contributed by atoms with Gasteiger partial charge < -0.3 is 0 Å². The lowest BCUT2D eigenvalue weighted by atomic mass is 10.0. The fourth-order valence-electron chi connectivity index (χ4n) is 2.19. The quantitative estimate of drug-likeness (QED) is 0.814. The SMILES string of the molecule is O=S(=O)(c1ccc(Cl)cc1)C1CCCCC1. The van der Waals surface area contributed by atoms with Crippen molar-refractivity contribution in [3.8, 4) is 0 Å². The standard InChI is InChI=1S/C12H15ClO2S/c13-10-6-8-12(9-7-10)16(14,15)11-4-2-1-3-5-11/h6-9,11H,1-5H2. The van der Waals surface area contributed by atoms with Gasteiger partial charge in [-0.25, -0.2) is 8.42 Å². The number of benzene rings is 1. The minimum atomic E-state index is -3.14. The predicted molar refractivity (Wildman–Crippen MR) is 65.5 cm³/mol. The van der Waals surface area contributed by atoms with Gasteiger partial charge in [0.05, 0.1) is 10.1 Å². The average molecular weight is 259 g/mol. The van der Waals surface area contributed by atoms with Crippen molar-refractivity contribution in [1.29, 1.82) is 0 Å². The van der Waals surface area contributed by atoms with Crippen LogP contribution in [0.2, 0.25) is 5.02 Å². The van der Waals surface area contributed by atoms with Gasteiger partial charge in [-0.3, -0.25) is 0 Å². The van der Waals surface area contributed by atoms with E-state index in [0.717, 1.165) is 32.1 Å².